The molecule has 0 atom stereocenters. The van der Waals surface area contributed by atoms with Crippen molar-refractivity contribution in [3.05, 3.63) is 83.1 Å². The van der Waals surface area contributed by atoms with Crippen molar-refractivity contribution >= 4 is 34.3 Å². The molecule has 1 amide bonds. The molecular weight excluding hydrogens is 420 g/mol. The van der Waals surface area contributed by atoms with Crippen LogP contribution in [0.15, 0.2) is 76.4 Å². The largest absolute Gasteiger partial charge is 0.487 e. The van der Waals surface area contributed by atoms with Crippen molar-refractivity contribution in [2.24, 2.45) is 0 Å². The number of carbonyl (C=O) groups excluding carboxylic acids is 1. The monoisotopic (exact) mass is 431 g/mol. The average molecular weight is 432 g/mol. The Morgan fingerprint density at radius 2 is 1.90 bits per heavy atom. The van der Waals surface area contributed by atoms with Crippen molar-refractivity contribution in [2.45, 2.75) is 5.57 Å². The molecule has 10 heteroatoms. The zero-order chi connectivity index (χ0) is 21.3. The van der Waals surface area contributed by atoms with E-state index in [-0.39, 0.29) is 16.9 Å². The van der Waals surface area contributed by atoms with Gasteiger partial charge in [-0.3, -0.25) is 14.2 Å². The first kappa shape index (κ1) is 19.6. The third-order valence-corrected chi connectivity index (χ3v) is 4.19. The number of aromatic nitrogens is 2. The van der Waals surface area contributed by atoms with E-state index in [9.17, 15) is 18.4 Å². The van der Waals surface area contributed by atoms with Gasteiger partial charge in [0.25, 0.3) is 11.5 Å². The number of nitrogens with zero attached hydrogens (tertiary/aromatic N) is 2. The van der Waals surface area contributed by atoms with Gasteiger partial charge in [0.1, 0.15) is 11.3 Å². The van der Waals surface area contributed by atoms with E-state index in [1.807, 2.05) is 0 Å². The van der Waals surface area contributed by atoms with Crippen LogP contribution >= 0.6 is 11.6 Å². The molecule has 0 spiro atoms. The van der Waals surface area contributed by atoms with Gasteiger partial charge in [0.05, 0.1) is 11.3 Å². The number of benzene rings is 2. The van der Waals surface area contributed by atoms with Crippen LogP contribution in [0.5, 0.6) is 5.75 Å². The molecular formula is C20H12ClF2N3O4. The Hall–Kier alpha value is -3.72. The second-order valence-electron chi connectivity index (χ2n) is 6.13. The molecule has 4 aromatic rings. The number of pyridine rings is 1. The highest BCUT2D eigenvalue weighted by Crippen LogP contribution is 2.26. The molecule has 2 aromatic heterocycles. The Labute approximate surface area is 172 Å². The van der Waals surface area contributed by atoms with Crippen molar-refractivity contribution in [3.63, 3.8) is 0 Å². The first-order valence-corrected chi connectivity index (χ1v) is 8.90. The summed E-state index contributed by atoms with van der Waals surface area (Å²) >= 11 is 4.72. The molecule has 4 rings (SSSR count). The minimum Gasteiger partial charge on any atom is -0.443 e. The third-order valence-electron chi connectivity index (χ3n) is 4.12. The molecule has 30 heavy (non-hydrogen) atoms. The Morgan fingerprint density at radius 3 is 2.63 bits per heavy atom. The molecule has 0 aliphatic rings. The number of hydrogen-bond donors (Lipinski definition) is 1. The van der Waals surface area contributed by atoms with Gasteiger partial charge in [-0.15, -0.1) is 8.78 Å². The summed E-state index contributed by atoms with van der Waals surface area (Å²) in [5.74, 6) is -0.672. The number of alkyl halides is 3. The Bertz CT molecular complexity index is 1280. The zero-order valence-corrected chi connectivity index (χ0v) is 15.8. The normalized spacial score (nSPS) is 11.4. The van der Waals surface area contributed by atoms with Crippen LogP contribution in [0.2, 0.25) is 0 Å². The highest BCUT2D eigenvalue weighted by atomic mass is 35.5. The first-order valence-electron chi connectivity index (χ1n) is 8.53. The minimum atomic E-state index is -3.83. The van der Waals surface area contributed by atoms with Crippen LogP contribution in [0.1, 0.15) is 10.4 Å². The number of para-hydroxylation sites is 1. The molecule has 2 aromatic carbocycles. The molecule has 0 aliphatic heterocycles. The number of carbonyl (C=O) groups is 1. The first-order chi connectivity index (χ1) is 14.3. The van der Waals surface area contributed by atoms with Crippen molar-refractivity contribution in [2.75, 3.05) is 5.32 Å². The lowest BCUT2D eigenvalue weighted by molar-refractivity contribution is -0.0964. The van der Waals surface area contributed by atoms with E-state index in [0.717, 1.165) is 0 Å². The van der Waals surface area contributed by atoms with Gasteiger partial charge in [0.2, 0.25) is 0 Å². The Kier molecular flexibility index (Phi) is 4.96. The highest BCUT2D eigenvalue weighted by Gasteiger charge is 2.27. The van der Waals surface area contributed by atoms with Crippen molar-refractivity contribution in [1.82, 2.24) is 9.55 Å². The molecule has 0 saturated heterocycles. The lowest BCUT2D eigenvalue weighted by atomic mass is 10.2. The SMILES string of the molecule is O=C(Nc1ccc(OC(F)(F)Cl)cc1)c1ccc(=O)n(-c2cccc3ocnc23)c1. The third kappa shape index (κ3) is 4.15. The van der Waals surface area contributed by atoms with Crippen LogP contribution in [-0.4, -0.2) is 21.0 Å². The summed E-state index contributed by atoms with van der Waals surface area (Å²) in [7, 11) is 0. The molecule has 0 radical (unpaired) electrons. The quantitative estimate of drug-likeness (QED) is 0.473. The van der Waals surface area contributed by atoms with E-state index >= 15 is 0 Å². The zero-order valence-electron chi connectivity index (χ0n) is 15.0. The number of ether oxygens (including phenoxy) is 1. The lowest BCUT2D eigenvalue weighted by Crippen LogP contribution is -2.21. The number of halogens is 3. The second kappa shape index (κ2) is 7.60. The molecule has 0 saturated carbocycles. The van der Waals surface area contributed by atoms with E-state index in [0.29, 0.717) is 22.5 Å². The Morgan fingerprint density at radius 1 is 1.13 bits per heavy atom. The summed E-state index contributed by atoms with van der Waals surface area (Å²) in [6, 6.07) is 13.0. The van der Waals surface area contributed by atoms with E-state index < -0.39 is 11.5 Å². The molecule has 0 unspecified atom stereocenters. The summed E-state index contributed by atoms with van der Waals surface area (Å²) in [4.78, 5) is 29.1. The standard InChI is InChI=1S/C20H12ClF2N3O4/c21-20(22,23)30-14-7-5-13(6-8-14)25-19(28)12-4-9-17(27)26(10-12)15-2-1-3-16-18(15)24-11-29-16/h1-11H,(H,25,28). The van der Waals surface area contributed by atoms with Gasteiger partial charge in [0.15, 0.2) is 12.0 Å². The summed E-state index contributed by atoms with van der Waals surface area (Å²) in [6.07, 6.45) is 2.65. The van der Waals surface area contributed by atoms with Gasteiger partial charge in [-0.2, -0.15) is 0 Å². The maximum Gasteiger partial charge on any atom is 0.487 e. The van der Waals surface area contributed by atoms with Crippen molar-refractivity contribution in [1.29, 1.82) is 0 Å². The highest BCUT2D eigenvalue weighted by molar-refractivity contribution is 6.20. The van der Waals surface area contributed by atoms with E-state index in [2.05, 4.69) is 15.0 Å². The maximum atomic E-state index is 12.7. The van der Waals surface area contributed by atoms with E-state index in [1.165, 1.54) is 53.6 Å². The summed E-state index contributed by atoms with van der Waals surface area (Å²) < 4.78 is 36.1. The predicted octanol–water partition coefficient (Wildman–Crippen LogP) is 4.40. The molecule has 2 heterocycles. The van der Waals surface area contributed by atoms with Crippen LogP contribution in [0.4, 0.5) is 14.5 Å². The van der Waals surface area contributed by atoms with Crippen LogP contribution in [0.3, 0.4) is 0 Å². The smallest absolute Gasteiger partial charge is 0.443 e. The van der Waals surface area contributed by atoms with Crippen LogP contribution in [-0.2, 0) is 0 Å². The average Bonchev–Trinajstić information content (AvgIpc) is 3.18. The summed E-state index contributed by atoms with van der Waals surface area (Å²) in [5.41, 5.74) is -2.22. The molecule has 152 valence electrons. The van der Waals surface area contributed by atoms with Crippen LogP contribution < -0.4 is 15.6 Å². The lowest BCUT2D eigenvalue weighted by Gasteiger charge is -2.12. The van der Waals surface area contributed by atoms with Gasteiger partial charge in [-0.25, -0.2) is 4.98 Å². The Balaban J connectivity index is 1.59. The number of oxazole rings is 1. The maximum absolute atomic E-state index is 12.7. The number of hydrogen-bond acceptors (Lipinski definition) is 5. The predicted molar refractivity (Wildman–Crippen MR) is 105 cm³/mol. The fourth-order valence-corrected chi connectivity index (χ4v) is 2.91. The number of fused-ring (bicyclic) bond motifs is 1. The van der Waals surface area contributed by atoms with Crippen molar-refractivity contribution < 1.29 is 22.7 Å². The molecule has 7 nitrogen and oxygen atoms in total. The number of amides is 1. The van der Waals surface area contributed by atoms with Gasteiger partial charge in [-0.1, -0.05) is 6.07 Å². The number of rotatable bonds is 5. The second-order valence-corrected chi connectivity index (χ2v) is 6.57. The molecule has 0 bridgehead atoms. The molecule has 1 N–H and O–H groups in total. The molecule has 0 aliphatic carbocycles. The fraction of sp³-hybridized carbons (Fsp3) is 0.0500. The van der Waals surface area contributed by atoms with Gasteiger partial charge in [0, 0.05) is 29.6 Å². The van der Waals surface area contributed by atoms with E-state index in [1.54, 1.807) is 18.2 Å². The summed E-state index contributed by atoms with van der Waals surface area (Å²) in [5, 5.41) is 2.61. The van der Waals surface area contributed by atoms with Crippen LogP contribution in [0, 0.1) is 0 Å². The van der Waals surface area contributed by atoms with E-state index in [4.69, 9.17) is 16.0 Å². The topological polar surface area (TPSA) is 86.4 Å². The van der Waals surface area contributed by atoms with Crippen molar-refractivity contribution in [3.8, 4) is 11.4 Å². The minimum absolute atomic E-state index is 0.165. The summed E-state index contributed by atoms with van der Waals surface area (Å²) in [6.45, 7) is 0. The number of nitrogens with one attached hydrogen (secondary N) is 1. The number of anilines is 1. The van der Waals surface area contributed by atoms with Gasteiger partial charge in [-0.05, 0) is 42.5 Å². The fourth-order valence-electron chi connectivity index (χ4n) is 2.82. The van der Waals surface area contributed by atoms with Crippen LogP contribution in [0.25, 0.3) is 16.8 Å². The van der Waals surface area contributed by atoms with Gasteiger partial charge < -0.3 is 14.5 Å². The van der Waals surface area contributed by atoms with Gasteiger partial charge >= 0.3 is 5.57 Å². The molecule has 0 fully saturated rings.